The monoisotopic (exact) mass is 1420 g/mol. The Bertz CT molecular complexity index is 4570. The van der Waals surface area contributed by atoms with Crippen molar-refractivity contribution in [3.8, 4) is 38.4 Å². The summed E-state index contributed by atoms with van der Waals surface area (Å²) in [5.41, 5.74) is 1.97. The molecule has 12 bridgehead atoms. The van der Waals surface area contributed by atoms with Gasteiger partial charge in [0.05, 0.1) is 48.8 Å². The van der Waals surface area contributed by atoms with E-state index in [9.17, 15) is 49.3 Å². The number of primary amides is 1. The van der Waals surface area contributed by atoms with E-state index in [0.717, 1.165) is 56.7 Å². The molecule has 8 aromatic rings. The molecule has 4 aliphatic heterocycles. The lowest BCUT2D eigenvalue weighted by Crippen LogP contribution is -2.61. The van der Waals surface area contributed by atoms with Gasteiger partial charge in [-0.05, 0) is 52.4 Å². The number of nitrogens with one attached hydrogen (secondary N) is 6. The fourth-order valence-electron chi connectivity index (χ4n) is 11.3. The van der Waals surface area contributed by atoms with Crippen molar-refractivity contribution in [3.05, 3.63) is 124 Å². The number of nitrogens with zero attached hydrogens (tertiary/aromatic N) is 7. The average molecular weight is 1420 g/mol. The number of aliphatic hydroxyl groups excluding tert-OH is 1. The molecule has 11 heterocycles. The van der Waals surface area contributed by atoms with Crippen LogP contribution < -0.4 is 37.6 Å². The number of cyclic esters (lactones) is 2. The number of benzene rings is 1. The van der Waals surface area contributed by atoms with Gasteiger partial charge in [-0.2, -0.15) is 4.73 Å². The Kier molecular flexibility index (Phi) is 18.9. The van der Waals surface area contributed by atoms with Crippen LogP contribution in [0.5, 0.6) is 5.75 Å². The van der Waals surface area contributed by atoms with Crippen LogP contribution in [0.2, 0.25) is 0 Å². The zero-order valence-electron chi connectivity index (χ0n) is 51.7. The molecule has 37 heteroatoms. The molecule has 32 nitrogen and oxygen atoms in total. The zero-order chi connectivity index (χ0) is 69.0. The molecular weight excluding hydrogens is 1370 g/mol. The van der Waals surface area contributed by atoms with Gasteiger partial charge in [-0.3, -0.25) is 28.8 Å². The van der Waals surface area contributed by atoms with Crippen LogP contribution >= 0.6 is 56.7 Å². The number of aliphatic hydroxyl groups is 2. The second-order valence-electron chi connectivity index (χ2n) is 22.7. The maximum absolute atomic E-state index is 15.1. The maximum Gasteiger partial charge on any atom is 0.358 e. The predicted molar refractivity (Wildman–Crippen MR) is 345 cm³/mol. The Hall–Kier alpha value is -9.54. The molecule has 506 valence electrons. The van der Waals surface area contributed by atoms with E-state index in [1.165, 1.54) is 60.0 Å². The van der Waals surface area contributed by atoms with Crippen molar-refractivity contribution in [2.24, 2.45) is 5.73 Å². The second kappa shape index (κ2) is 27.2. The Balaban J connectivity index is 1.04. The number of ether oxygens (including phenoxy) is 6. The molecule has 97 heavy (non-hydrogen) atoms. The van der Waals surface area contributed by atoms with Crippen molar-refractivity contribution in [2.45, 2.75) is 108 Å². The quantitative estimate of drug-likeness (QED) is 0.0426. The fourth-order valence-corrected chi connectivity index (χ4v) is 15.5. The van der Waals surface area contributed by atoms with Gasteiger partial charge in [0.15, 0.2) is 18.1 Å². The van der Waals surface area contributed by atoms with Gasteiger partial charge in [-0.25, -0.2) is 39.5 Å². The molecule has 0 aliphatic carbocycles. The van der Waals surface area contributed by atoms with Gasteiger partial charge < -0.3 is 86.6 Å². The van der Waals surface area contributed by atoms with Crippen molar-refractivity contribution in [1.29, 1.82) is 0 Å². The number of methoxy groups -OCH3 is 1. The number of pyridine rings is 1. The van der Waals surface area contributed by atoms with Crippen molar-refractivity contribution in [1.82, 2.24) is 66.5 Å². The van der Waals surface area contributed by atoms with Crippen LogP contribution in [0.25, 0.3) is 49.3 Å². The van der Waals surface area contributed by atoms with Gasteiger partial charge in [0.1, 0.15) is 120 Å². The topological polar surface area (TPSA) is 453 Å². The van der Waals surface area contributed by atoms with Crippen LogP contribution in [-0.2, 0) is 56.0 Å². The van der Waals surface area contributed by atoms with Crippen molar-refractivity contribution >= 4 is 121 Å². The summed E-state index contributed by atoms with van der Waals surface area (Å²) in [7, 11) is 2.94. The van der Waals surface area contributed by atoms with E-state index >= 15 is 9.59 Å². The number of aromatic nitrogens is 7. The summed E-state index contributed by atoms with van der Waals surface area (Å²) in [6, 6.07) is 0.568. The molecule has 0 saturated carbocycles. The van der Waals surface area contributed by atoms with E-state index in [0.29, 0.717) is 10.3 Å². The highest BCUT2D eigenvalue weighted by atomic mass is 32.1. The van der Waals surface area contributed by atoms with Crippen LogP contribution in [0.3, 0.4) is 0 Å². The number of nitrogens with two attached hydrogens (primary N) is 1. The number of thiazole rings is 5. The number of carbonyl (C=O) groups is 8. The molecule has 0 spiro atoms. The van der Waals surface area contributed by atoms with Gasteiger partial charge >= 0.3 is 11.9 Å². The molecule has 7 aromatic heterocycles. The minimum Gasteiger partial charge on any atom is -0.506 e. The molecule has 1 saturated heterocycles. The minimum atomic E-state index is -1.92. The number of aromatic hydroxyl groups is 1. The smallest absolute Gasteiger partial charge is 0.358 e. The largest absolute Gasteiger partial charge is 0.506 e. The standard InChI is InChI=1S/C60H58N14O18S5/c1-21(47(61)77)63-48(78)30-18-96-56(68-30)41-35(76)11-26-40(70-41)29-16-94-54(65-29)28-15-90-58(83)43-27-14-88-44(45(92-36-12-60(5,85)46(62-6)24(4)91-36)59(84)89-13-25-9-8-10-34(37(25)27)74(43)86)42(57-69-31(19-97-57)49(79)64-28)73-51(81)33-20-95-55(67-33)39(23(3)87-7)72-52(82)38(22(2)75)71-50(80)32-17-93-53(26)66-32/h8-11,16-20,22,24,28,36,38,42,44-46,62,75-76,85-86H,1,12-15H2,2-7H3,(H2,61,77)(H,63,78)(H,64,79)(H,71,80)(H,72,82)(H,73,81)/t22-,24+,28+,36+,38+,42+,44+,45+,46-,60+/m1/s1. The molecule has 0 radical (unpaired) electrons. The van der Waals surface area contributed by atoms with Crippen molar-refractivity contribution in [3.63, 3.8) is 0 Å². The SMILES string of the molecule is C=C(NC(=O)c1csc(-c2nc3c(cc2O)-c2nc(cs2)C(=O)N[C@@H]([C@@H](C)O)C(=O)NC(=C(C)OC)c2nc(cs2)C(=O)N[C@@H]2c4nc(cs4)C(=O)N[C@@H](COC(=O)c4c5c6c(cccc6n4O)COC(=O)[C@@H](O[C@H]4C[C@](C)(O)[C@H](NC)[C@H](C)O4)[C@H]2OC5)c2nc-3cs2)n1)C(N)=O. The molecular formula is C60H58N14O18S5. The maximum atomic E-state index is 15.1. The number of likely N-dealkylation sites (N-methyl/N-ethyl adjacent to an activating group) is 1. The van der Waals surface area contributed by atoms with Crippen LogP contribution in [0.4, 0.5) is 0 Å². The number of carbonyl (C=O) groups excluding carboxylic acids is 8. The molecule has 12 N–H and O–H groups in total. The summed E-state index contributed by atoms with van der Waals surface area (Å²) >= 11 is 4.45. The summed E-state index contributed by atoms with van der Waals surface area (Å²) < 4.78 is 38.0. The number of hydrogen-bond acceptors (Lipinski definition) is 30. The highest BCUT2D eigenvalue weighted by Crippen LogP contribution is 2.43. The molecule has 10 atom stereocenters. The van der Waals surface area contributed by atoms with Gasteiger partial charge in [0.2, 0.25) is 5.91 Å². The number of allylic oxidation sites excluding steroid dienone is 1. The first-order valence-electron chi connectivity index (χ1n) is 29.3. The summed E-state index contributed by atoms with van der Waals surface area (Å²) in [5.74, 6) is -8.29. The first kappa shape index (κ1) is 67.4. The number of rotatable bonds is 9. The average Bonchev–Trinajstić information content (AvgIpc) is 1.61. The summed E-state index contributed by atoms with van der Waals surface area (Å²) in [5, 5.41) is 70.1. The normalized spacial score (nSPS) is 24.1. The lowest BCUT2D eigenvalue weighted by atomic mass is 9.86. The molecule has 0 unspecified atom stereocenters. The number of hydrogen-bond donors (Lipinski definition) is 11. The third-order valence-electron chi connectivity index (χ3n) is 16.1. The lowest BCUT2D eigenvalue weighted by Gasteiger charge is -2.45. The molecule has 4 aliphatic rings. The number of amides is 6. The van der Waals surface area contributed by atoms with E-state index in [2.05, 4.69) is 53.4 Å². The molecule has 6 amide bonds. The van der Waals surface area contributed by atoms with Crippen molar-refractivity contribution < 1.29 is 87.3 Å². The Morgan fingerprint density at radius 1 is 0.856 bits per heavy atom. The predicted octanol–water partition coefficient (Wildman–Crippen LogP) is 3.55. The Morgan fingerprint density at radius 3 is 2.25 bits per heavy atom. The van der Waals surface area contributed by atoms with Crippen LogP contribution in [0.1, 0.15) is 125 Å². The highest BCUT2D eigenvalue weighted by Gasteiger charge is 2.49. The first-order chi connectivity index (χ1) is 46.3. The summed E-state index contributed by atoms with van der Waals surface area (Å²) in [4.78, 5) is 142. The summed E-state index contributed by atoms with van der Waals surface area (Å²) in [6.45, 7) is 7.61. The van der Waals surface area contributed by atoms with Gasteiger partial charge in [-0.15, -0.1) is 56.7 Å². The second-order valence-corrected chi connectivity index (χ2v) is 27.0. The molecule has 1 fully saturated rings. The van der Waals surface area contributed by atoms with E-state index in [1.54, 1.807) is 33.0 Å². The van der Waals surface area contributed by atoms with Gasteiger partial charge in [-0.1, -0.05) is 18.7 Å². The minimum absolute atomic E-state index is 0.00733. The number of esters is 2. The van der Waals surface area contributed by atoms with Gasteiger partial charge in [0, 0.05) is 49.8 Å². The van der Waals surface area contributed by atoms with Gasteiger partial charge in [0.25, 0.3) is 29.5 Å². The van der Waals surface area contributed by atoms with E-state index < -0.39 is 145 Å². The Labute approximate surface area is 567 Å². The summed E-state index contributed by atoms with van der Waals surface area (Å²) in [6.07, 6.45) is -7.59. The molecule has 12 rings (SSSR count). The van der Waals surface area contributed by atoms with Crippen LogP contribution in [-0.4, -0.2) is 172 Å². The third-order valence-corrected chi connectivity index (χ3v) is 20.6. The van der Waals surface area contributed by atoms with Crippen LogP contribution in [0.15, 0.2) is 69.2 Å². The molecule has 1 aromatic carbocycles. The van der Waals surface area contributed by atoms with Crippen molar-refractivity contribution in [2.75, 3.05) is 20.8 Å². The fraction of sp³-hybridized carbons (Fsp3) is 0.333. The van der Waals surface area contributed by atoms with E-state index in [4.69, 9.17) is 49.1 Å². The number of fused-ring (bicyclic) bond motifs is 15. The highest BCUT2D eigenvalue weighted by molar-refractivity contribution is 7.14. The zero-order valence-corrected chi connectivity index (χ0v) is 55.8. The lowest BCUT2D eigenvalue weighted by molar-refractivity contribution is -0.272. The van der Waals surface area contributed by atoms with E-state index in [-0.39, 0.29) is 105 Å². The van der Waals surface area contributed by atoms with E-state index in [1.807, 2.05) is 0 Å². The Morgan fingerprint density at radius 2 is 1.53 bits per heavy atom. The third kappa shape index (κ3) is 13.3. The van der Waals surface area contributed by atoms with Crippen LogP contribution in [0, 0.1) is 0 Å². The first-order valence-corrected chi connectivity index (χ1v) is 33.7.